The molecule has 1 rings (SSSR count). The van der Waals surface area contributed by atoms with E-state index >= 15 is 0 Å². The molecule has 0 bridgehead atoms. The summed E-state index contributed by atoms with van der Waals surface area (Å²) in [7, 11) is 2.11. The molecule has 0 aromatic heterocycles. The first-order chi connectivity index (χ1) is 7.81. The van der Waals surface area contributed by atoms with Gasteiger partial charge in [-0.2, -0.15) is 0 Å². The van der Waals surface area contributed by atoms with E-state index < -0.39 is 0 Å². The van der Waals surface area contributed by atoms with Crippen molar-refractivity contribution in [2.75, 3.05) is 33.4 Å². The topological polar surface area (TPSA) is 12.5 Å². The van der Waals surface area contributed by atoms with Crippen molar-refractivity contribution in [1.82, 2.24) is 4.90 Å². The van der Waals surface area contributed by atoms with Crippen molar-refractivity contribution in [3.05, 3.63) is 0 Å². The smallest absolute Gasteiger partial charge is 0.0594 e. The van der Waals surface area contributed by atoms with E-state index in [1.165, 1.54) is 25.7 Å². The fourth-order valence-corrected chi connectivity index (χ4v) is 5.54. The molecule has 1 aliphatic rings. The molecule has 0 amide bonds. The Hall–Kier alpha value is 0.719. The fourth-order valence-electron chi connectivity index (χ4n) is 1.38. The van der Waals surface area contributed by atoms with E-state index in [2.05, 4.69) is 25.8 Å². The van der Waals surface area contributed by atoms with E-state index in [1.54, 1.807) is 8.87 Å². The number of ether oxygens (including phenoxy) is 1. The molecule has 0 atom stereocenters. The number of rotatable bonds is 6. The van der Waals surface area contributed by atoms with E-state index in [4.69, 9.17) is 4.74 Å². The maximum atomic E-state index is 5.10. The third-order valence-corrected chi connectivity index (χ3v) is 6.69. The monoisotopic (exact) mass is 335 g/mol. The molecular weight excluding hydrogens is 305 g/mol. The summed E-state index contributed by atoms with van der Waals surface area (Å²) >= 11 is 0.149. The Balaban J connectivity index is 0.000000288. The minimum Gasteiger partial charge on any atom is -0.379 e. The van der Waals surface area contributed by atoms with Crippen molar-refractivity contribution in [2.45, 2.75) is 48.4 Å². The number of hydrogen-bond donors (Lipinski definition) is 0. The molecule has 0 aromatic carbocycles. The first kappa shape index (κ1) is 16.7. The van der Waals surface area contributed by atoms with Gasteiger partial charge >= 0.3 is 69.5 Å². The summed E-state index contributed by atoms with van der Waals surface area (Å²) in [6.45, 7) is 8.60. The van der Waals surface area contributed by atoms with Crippen LogP contribution in [0.2, 0.25) is 8.87 Å². The fraction of sp³-hybridized carbons (Fsp3) is 1.00. The van der Waals surface area contributed by atoms with Gasteiger partial charge in [-0.1, -0.05) is 0 Å². The van der Waals surface area contributed by atoms with Gasteiger partial charge in [-0.05, 0) is 7.05 Å². The van der Waals surface area contributed by atoms with E-state index in [0.717, 1.165) is 26.3 Å². The quantitative estimate of drug-likeness (QED) is 0.547. The summed E-state index contributed by atoms with van der Waals surface area (Å²) in [5.41, 5.74) is 0. The van der Waals surface area contributed by atoms with Crippen LogP contribution >= 0.6 is 0 Å². The first-order valence-electron chi connectivity index (χ1n) is 6.78. The van der Waals surface area contributed by atoms with Crippen LogP contribution in [-0.4, -0.2) is 59.4 Å². The minimum atomic E-state index is 0.149. The number of hydrogen-bond acceptors (Lipinski definition) is 2. The second-order valence-corrected chi connectivity index (χ2v) is 8.65. The molecular formula is C13H29NOSn. The molecule has 0 aliphatic carbocycles. The molecule has 16 heavy (non-hydrogen) atoms. The van der Waals surface area contributed by atoms with Crippen LogP contribution < -0.4 is 0 Å². The molecule has 0 spiro atoms. The summed E-state index contributed by atoms with van der Waals surface area (Å²) in [6, 6.07) is 0. The summed E-state index contributed by atoms with van der Waals surface area (Å²) in [4.78, 5) is 2.27. The molecule has 1 heterocycles. The van der Waals surface area contributed by atoms with Gasteiger partial charge < -0.3 is 9.64 Å². The summed E-state index contributed by atoms with van der Waals surface area (Å²) < 4.78 is 8.35. The zero-order chi connectivity index (χ0) is 12.1. The summed E-state index contributed by atoms with van der Waals surface area (Å²) in [6.07, 6.45) is 5.84. The first-order valence-corrected chi connectivity index (χ1v) is 10.8. The van der Waals surface area contributed by atoms with Crippen molar-refractivity contribution >= 4 is 21.1 Å². The largest absolute Gasteiger partial charge is 0.379 e. The zero-order valence-corrected chi connectivity index (χ0v) is 14.3. The molecule has 1 saturated heterocycles. The normalized spacial score (nSPS) is 16.7. The summed E-state index contributed by atoms with van der Waals surface area (Å²) in [5.74, 6) is 0. The summed E-state index contributed by atoms with van der Waals surface area (Å²) in [5, 5.41) is 0. The Morgan fingerprint density at radius 1 is 1.00 bits per heavy atom. The Labute approximate surface area is 112 Å². The SMILES string of the molecule is CCC[CH2][Sn][CH2]CCC.CN1CCOCC1. The van der Waals surface area contributed by atoms with Gasteiger partial charge in [-0.25, -0.2) is 0 Å². The number of morpholine rings is 1. The second kappa shape index (κ2) is 13.8. The molecule has 0 N–H and O–H groups in total. The van der Waals surface area contributed by atoms with Crippen molar-refractivity contribution in [3.63, 3.8) is 0 Å². The van der Waals surface area contributed by atoms with Crippen LogP contribution in [0.5, 0.6) is 0 Å². The van der Waals surface area contributed by atoms with E-state index in [-0.39, 0.29) is 21.1 Å². The van der Waals surface area contributed by atoms with E-state index in [0.29, 0.717) is 0 Å². The van der Waals surface area contributed by atoms with Gasteiger partial charge in [0.25, 0.3) is 0 Å². The third-order valence-electron chi connectivity index (χ3n) is 2.65. The van der Waals surface area contributed by atoms with Crippen LogP contribution in [0.1, 0.15) is 39.5 Å². The average Bonchev–Trinajstić information content (AvgIpc) is 2.31. The zero-order valence-electron chi connectivity index (χ0n) is 11.4. The maximum absolute atomic E-state index is 5.10. The number of likely N-dealkylation sites (N-methyl/N-ethyl adjacent to an activating group) is 1. The van der Waals surface area contributed by atoms with Crippen LogP contribution in [0.25, 0.3) is 0 Å². The molecule has 0 aromatic rings. The van der Waals surface area contributed by atoms with Gasteiger partial charge in [0, 0.05) is 13.1 Å². The van der Waals surface area contributed by atoms with Gasteiger partial charge in [0.1, 0.15) is 0 Å². The standard InChI is InChI=1S/C5H11NO.2C4H9.Sn/c1-6-2-4-7-5-3-6;2*1-3-4-2;/h2-5H2,1H3;2*1,3-4H2,2H3;. The maximum Gasteiger partial charge on any atom is 0.0594 e. The van der Waals surface area contributed by atoms with Gasteiger partial charge in [0.15, 0.2) is 0 Å². The van der Waals surface area contributed by atoms with Crippen LogP contribution in [0.4, 0.5) is 0 Å². The average molecular weight is 334 g/mol. The number of nitrogens with zero attached hydrogens (tertiary/aromatic N) is 1. The molecule has 2 nitrogen and oxygen atoms in total. The van der Waals surface area contributed by atoms with Crippen molar-refractivity contribution < 1.29 is 4.74 Å². The van der Waals surface area contributed by atoms with Gasteiger partial charge in [-0.15, -0.1) is 0 Å². The molecule has 1 aliphatic heterocycles. The Morgan fingerprint density at radius 2 is 1.50 bits per heavy atom. The molecule has 0 unspecified atom stereocenters. The Bertz CT molecular complexity index is 121. The van der Waals surface area contributed by atoms with Crippen molar-refractivity contribution in [3.8, 4) is 0 Å². The van der Waals surface area contributed by atoms with Crippen LogP contribution in [0, 0.1) is 0 Å². The third kappa shape index (κ3) is 12.8. The Kier molecular flexibility index (Phi) is 14.4. The van der Waals surface area contributed by atoms with Gasteiger partial charge in [-0.3, -0.25) is 0 Å². The second-order valence-electron chi connectivity index (χ2n) is 4.37. The van der Waals surface area contributed by atoms with Crippen molar-refractivity contribution in [2.24, 2.45) is 0 Å². The molecule has 0 saturated carbocycles. The van der Waals surface area contributed by atoms with Crippen LogP contribution in [0.3, 0.4) is 0 Å². The van der Waals surface area contributed by atoms with Crippen molar-refractivity contribution in [1.29, 1.82) is 0 Å². The van der Waals surface area contributed by atoms with Crippen LogP contribution in [-0.2, 0) is 4.74 Å². The van der Waals surface area contributed by atoms with E-state index in [9.17, 15) is 0 Å². The minimum absolute atomic E-state index is 0.149. The molecule has 96 valence electrons. The predicted octanol–water partition coefficient (Wildman–Crippen LogP) is 3.08. The number of unbranched alkanes of at least 4 members (excludes halogenated alkanes) is 2. The molecule has 3 heteroatoms. The molecule has 1 fully saturated rings. The molecule has 2 radical (unpaired) electrons. The van der Waals surface area contributed by atoms with E-state index in [1.807, 2.05) is 0 Å². The Morgan fingerprint density at radius 3 is 1.81 bits per heavy atom. The van der Waals surface area contributed by atoms with Crippen LogP contribution in [0.15, 0.2) is 0 Å². The predicted molar refractivity (Wildman–Crippen MR) is 73.5 cm³/mol. The van der Waals surface area contributed by atoms with Gasteiger partial charge in [0.05, 0.1) is 13.2 Å². The van der Waals surface area contributed by atoms with Gasteiger partial charge in [0.2, 0.25) is 0 Å².